The molecule has 102 valence electrons. The van der Waals surface area contributed by atoms with Crippen LogP contribution in [0.15, 0.2) is 39.6 Å². The van der Waals surface area contributed by atoms with Crippen molar-refractivity contribution in [1.82, 2.24) is 9.88 Å². The van der Waals surface area contributed by atoms with E-state index in [1.54, 1.807) is 11.3 Å². The highest BCUT2D eigenvalue weighted by Gasteiger charge is 2.09. The molecule has 19 heavy (non-hydrogen) atoms. The lowest BCUT2D eigenvalue weighted by Gasteiger charge is -2.18. The van der Waals surface area contributed by atoms with E-state index >= 15 is 0 Å². The van der Waals surface area contributed by atoms with E-state index in [4.69, 9.17) is 0 Å². The number of hydrogen-bond acceptors (Lipinski definition) is 4. The average Bonchev–Trinajstić information content (AvgIpc) is 2.89. The van der Waals surface area contributed by atoms with E-state index in [9.17, 15) is 5.11 Å². The predicted molar refractivity (Wildman–Crippen MR) is 82.2 cm³/mol. The molecule has 2 rings (SSSR count). The van der Waals surface area contributed by atoms with Crippen LogP contribution in [-0.4, -0.2) is 28.6 Å². The Labute approximate surface area is 126 Å². The van der Waals surface area contributed by atoms with Crippen LogP contribution in [0.2, 0.25) is 0 Å². The van der Waals surface area contributed by atoms with Crippen molar-refractivity contribution in [3.05, 3.63) is 50.9 Å². The van der Waals surface area contributed by atoms with E-state index in [0.29, 0.717) is 0 Å². The van der Waals surface area contributed by atoms with Gasteiger partial charge in [-0.05, 0) is 31.2 Å². The maximum absolute atomic E-state index is 10.1. The monoisotopic (exact) mass is 340 g/mol. The maximum Gasteiger partial charge on any atom is 0.0802 e. The summed E-state index contributed by atoms with van der Waals surface area (Å²) in [6.45, 7) is 1.67. The van der Waals surface area contributed by atoms with Gasteiger partial charge in [0.25, 0.3) is 0 Å². The minimum absolute atomic E-state index is 0.411. The fourth-order valence-electron chi connectivity index (χ4n) is 1.87. The third-order valence-corrected chi connectivity index (χ3v) is 4.12. The Hall–Kier alpha value is -0.750. The average molecular weight is 341 g/mol. The van der Waals surface area contributed by atoms with Gasteiger partial charge in [-0.3, -0.25) is 0 Å². The summed E-state index contributed by atoms with van der Waals surface area (Å²) < 4.78 is 1.03. The van der Waals surface area contributed by atoms with E-state index in [1.165, 1.54) is 0 Å². The van der Waals surface area contributed by atoms with Crippen molar-refractivity contribution in [3.63, 3.8) is 0 Å². The summed E-state index contributed by atoms with van der Waals surface area (Å²) in [4.78, 5) is 6.44. The molecule has 1 N–H and O–H groups in total. The van der Waals surface area contributed by atoms with E-state index in [0.717, 1.165) is 35.2 Å². The molecule has 5 heteroatoms. The lowest BCUT2D eigenvalue weighted by molar-refractivity contribution is 0.147. The molecule has 3 nitrogen and oxygen atoms in total. The number of benzene rings is 1. The molecular weight excluding hydrogens is 324 g/mol. The first-order chi connectivity index (χ1) is 9.15. The van der Waals surface area contributed by atoms with Gasteiger partial charge in [0.2, 0.25) is 0 Å². The molecule has 0 radical (unpaired) electrons. The van der Waals surface area contributed by atoms with Crippen molar-refractivity contribution >= 4 is 27.3 Å². The number of aromatic nitrogens is 1. The second-order valence-electron chi connectivity index (χ2n) is 4.57. The lowest BCUT2D eigenvalue weighted by Crippen LogP contribution is -2.21. The predicted octanol–water partition coefficient (Wildman–Crippen LogP) is 3.46. The second-order valence-corrected chi connectivity index (χ2v) is 6.21. The van der Waals surface area contributed by atoms with Crippen molar-refractivity contribution in [3.8, 4) is 0 Å². The van der Waals surface area contributed by atoms with Gasteiger partial charge >= 0.3 is 0 Å². The van der Waals surface area contributed by atoms with Gasteiger partial charge in [0.05, 0.1) is 17.3 Å². The zero-order valence-corrected chi connectivity index (χ0v) is 13.2. The normalized spacial score (nSPS) is 12.8. The van der Waals surface area contributed by atoms with Crippen LogP contribution in [0.5, 0.6) is 0 Å². The highest BCUT2D eigenvalue weighted by atomic mass is 79.9. The smallest absolute Gasteiger partial charge is 0.0802 e. The Morgan fingerprint density at radius 1 is 1.37 bits per heavy atom. The Morgan fingerprint density at radius 2 is 2.11 bits per heavy atom. The van der Waals surface area contributed by atoms with Gasteiger partial charge in [0.1, 0.15) is 0 Å². The number of halogens is 1. The first-order valence-corrected chi connectivity index (χ1v) is 7.88. The number of thiazole rings is 1. The topological polar surface area (TPSA) is 36.4 Å². The highest BCUT2D eigenvalue weighted by molar-refractivity contribution is 9.10. The molecular formula is C14H17BrN2OS. The molecule has 1 aromatic heterocycles. The van der Waals surface area contributed by atoms with E-state index in [-0.39, 0.29) is 0 Å². The fraction of sp³-hybridized carbons (Fsp3) is 0.357. The lowest BCUT2D eigenvalue weighted by atomic mass is 10.1. The number of nitrogens with zero attached hydrogens (tertiary/aromatic N) is 2. The Balaban J connectivity index is 1.79. The van der Waals surface area contributed by atoms with Crippen LogP contribution in [0.25, 0.3) is 0 Å². The second kappa shape index (κ2) is 7.14. The van der Waals surface area contributed by atoms with Gasteiger partial charge in [-0.15, -0.1) is 11.3 Å². The molecule has 0 saturated heterocycles. The van der Waals surface area contributed by atoms with E-state index in [1.807, 2.05) is 36.8 Å². The molecule has 0 amide bonds. The Morgan fingerprint density at radius 3 is 2.74 bits per heavy atom. The van der Waals surface area contributed by atoms with Crippen LogP contribution in [-0.2, 0) is 6.54 Å². The van der Waals surface area contributed by atoms with Gasteiger partial charge in [-0.25, -0.2) is 4.98 Å². The molecule has 0 spiro atoms. The summed E-state index contributed by atoms with van der Waals surface area (Å²) >= 11 is 5.01. The van der Waals surface area contributed by atoms with Crippen LogP contribution < -0.4 is 0 Å². The van der Waals surface area contributed by atoms with Crippen LogP contribution in [0, 0.1) is 0 Å². The van der Waals surface area contributed by atoms with Crippen molar-refractivity contribution in [2.24, 2.45) is 0 Å². The first-order valence-electron chi connectivity index (χ1n) is 6.14. The number of rotatable bonds is 6. The summed E-state index contributed by atoms with van der Waals surface area (Å²) in [6.07, 6.45) is 0.313. The summed E-state index contributed by atoms with van der Waals surface area (Å²) in [7, 11) is 2.05. The van der Waals surface area contributed by atoms with E-state index < -0.39 is 6.10 Å². The Bertz CT molecular complexity index is 487. The number of hydrogen-bond donors (Lipinski definition) is 1. The van der Waals surface area contributed by atoms with Crippen LogP contribution in [0.3, 0.4) is 0 Å². The van der Waals surface area contributed by atoms with Crippen molar-refractivity contribution < 1.29 is 5.11 Å². The first kappa shape index (κ1) is 14.7. The zero-order valence-electron chi connectivity index (χ0n) is 10.8. The molecule has 0 bridgehead atoms. The van der Waals surface area contributed by atoms with Crippen molar-refractivity contribution in [2.75, 3.05) is 13.6 Å². The largest absolute Gasteiger partial charge is 0.388 e. The van der Waals surface area contributed by atoms with Crippen LogP contribution in [0.4, 0.5) is 0 Å². The quantitative estimate of drug-likeness (QED) is 0.874. The molecule has 0 aliphatic heterocycles. The molecule has 1 aromatic carbocycles. The van der Waals surface area contributed by atoms with Gasteiger partial charge in [-0.2, -0.15) is 0 Å². The molecule has 0 fully saturated rings. The minimum Gasteiger partial charge on any atom is -0.388 e. The fourth-order valence-corrected chi connectivity index (χ4v) is 2.68. The molecule has 0 saturated carbocycles. The van der Waals surface area contributed by atoms with Crippen LogP contribution >= 0.6 is 27.3 Å². The molecule has 1 atom stereocenters. The summed E-state index contributed by atoms with van der Waals surface area (Å²) in [6, 6.07) is 7.82. The third-order valence-electron chi connectivity index (χ3n) is 2.95. The molecule has 2 aromatic rings. The van der Waals surface area contributed by atoms with Crippen LogP contribution in [0.1, 0.15) is 23.8 Å². The summed E-state index contributed by atoms with van der Waals surface area (Å²) in [5.41, 5.74) is 3.90. The summed E-state index contributed by atoms with van der Waals surface area (Å²) in [5.74, 6) is 0. The molecule has 0 aliphatic carbocycles. The Kier molecular flexibility index (Phi) is 5.51. The number of aliphatic hydroxyl groups is 1. The molecule has 0 aliphatic rings. The molecule has 1 unspecified atom stereocenters. The van der Waals surface area contributed by atoms with Gasteiger partial charge in [0, 0.05) is 22.9 Å². The SMILES string of the molecule is CN(CCC(O)c1ccc(Br)cc1)Cc1cscn1. The van der Waals surface area contributed by atoms with Crippen molar-refractivity contribution in [1.29, 1.82) is 0 Å². The zero-order chi connectivity index (χ0) is 13.7. The van der Waals surface area contributed by atoms with Gasteiger partial charge in [0.15, 0.2) is 0 Å². The number of aliphatic hydroxyl groups excluding tert-OH is 1. The van der Waals surface area contributed by atoms with E-state index in [2.05, 4.69) is 31.2 Å². The summed E-state index contributed by atoms with van der Waals surface area (Å²) in [5, 5.41) is 12.2. The van der Waals surface area contributed by atoms with Gasteiger partial charge < -0.3 is 10.0 Å². The maximum atomic E-state index is 10.1. The minimum atomic E-state index is -0.411. The van der Waals surface area contributed by atoms with Gasteiger partial charge in [-0.1, -0.05) is 28.1 Å². The molecule has 1 heterocycles. The van der Waals surface area contributed by atoms with Crippen molar-refractivity contribution in [2.45, 2.75) is 19.1 Å². The highest BCUT2D eigenvalue weighted by Crippen LogP contribution is 2.19. The standard InChI is InChI=1S/C14H17BrN2OS/c1-17(8-13-9-19-10-16-13)7-6-14(18)11-2-4-12(15)5-3-11/h2-5,9-10,14,18H,6-8H2,1H3. The third kappa shape index (κ3) is 4.69.